The van der Waals surface area contributed by atoms with Crippen LogP contribution in [0.2, 0.25) is 0 Å². The SMILES string of the molecule is COP(=O)(NC(=O)Cc1c(C(C)C)cc(C(C)C)cc1C(C)C)Oc1c(C(C)C)cc(C)cc1C(C)C. The monoisotopic (exact) mass is 529 g/mol. The van der Waals surface area contributed by atoms with E-state index >= 15 is 0 Å². The number of rotatable bonds is 11. The fraction of sp³-hybridized carbons (Fsp3) is 0.581. The van der Waals surface area contributed by atoms with Gasteiger partial charge in [-0.25, -0.2) is 4.57 Å². The number of amides is 1. The highest BCUT2D eigenvalue weighted by Crippen LogP contribution is 2.48. The summed E-state index contributed by atoms with van der Waals surface area (Å²) < 4.78 is 25.3. The molecule has 2 rings (SSSR count). The molecule has 5 nitrogen and oxygen atoms in total. The van der Waals surface area contributed by atoms with Crippen molar-refractivity contribution in [2.24, 2.45) is 0 Å². The molecule has 2 aromatic carbocycles. The lowest BCUT2D eigenvalue weighted by atomic mass is 9.83. The maximum atomic E-state index is 13.8. The number of benzene rings is 2. The molecule has 37 heavy (non-hydrogen) atoms. The van der Waals surface area contributed by atoms with E-state index in [1.807, 2.05) is 19.1 Å². The van der Waals surface area contributed by atoms with Gasteiger partial charge >= 0.3 is 7.75 Å². The van der Waals surface area contributed by atoms with E-state index in [-0.39, 0.29) is 36.0 Å². The van der Waals surface area contributed by atoms with E-state index in [0.29, 0.717) is 11.7 Å². The fourth-order valence-corrected chi connectivity index (χ4v) is 5.73. The summed E-state index contributed by atoms with van der Waals surface area (Å²) in [6.07, 6.45) is 0.109. The Labute approximate surface area is 225 Å². The van der Waals surface area contributed by atoms with Crippen LogP contribution in [0.4, 0.5) is 0 Å². The molecule has 0 aromatic heterocycles. The molecule has 2 aromatic rings. The van der Waals surface area contributed by atoms with Crippen molar-refractivity contribution in [1.29, 1.82) is 0 Å². The molecule has 1 N–H and O–H groups in total. The van der Waals surface area contributed by atoms with E-state index in [9.17, 15) is 9.36 Å². The number of carbonyl (C=O) groups excluding carboxylic acids is 1. The number of carbonyl (C=O) groups is 1. The topological polar surface area (TPSA) is 64.6 Å². The molecule has 0 aliphatic heterocycles. The molecule has 0 aliphatic rings. The van der Waals surface area contributed by atoms with Crippen LogP contribution in [0.15, 0.2) is 24.3 Å². The van der Waals surface area contributed by atoms with E-state index in [2.05, 4.69) is 86.5 Å². The maximum absolute atomic E-state index is 13.8. The Balaban J connectivity index is 2.48. The van der Waals surface area contributed by atoms with Crippen LogP contribution < -0.4 is 9.61 Å². The molecule has 1 amide bonds. The van der Waals surface area contributed by atoms with Crippen molar-refractivity contribution in [2.75, 3.05) is 7.11 Å². The molecule has 0 bridgehead atoms. The minimum Gasteiger partial charge on any atom is -0.408 e. The van der Waals surface area contributed by atoms with Crippen molar-refractivity contribution in [2.45, 2.75) is 112 Å². The molecule has 0 spiro atoms. The van der Waals surface area contributed by atoms with Crippen LogP contribution in [-0.4, -0.2) is 13.0 Å². The normalized spacial score (nSPS) is 13.6. The summed E-state index contributed by atoms with van der Waals surface area (Å²) in [5, 5.41) is 2.63. The van der Waals surface area contributed by atoms with Crippen LogP contribution in [-0.2, 0) is 20.3 Å². The van der Waals surface area contributed by atoms with Gasteiger partial charge in [-0.2, -0.15) is 0 Å². The Bertz CT molecular complexity index is 1090. The van der Waals surface area contributed by atoms with Crippen molar-refractivity contribution in [3.05, 3.63) is 63.2 Å². The maximum Gasteiger partial charge on any atom is 0.488 e. The molecule has 1 unspecified atom stereocenters. The zero-order chi connectivity index (χ0) is 28.2. The largest absolute Gasteiger partial charge is 0.488 e. The van der Waals surface area contributed by atoms with Gasteiger partial charge in [0.25, 0.3) is 0 Å². The molecule has 1 atom stereocenters. The summed E-state index contributed by atoms with van der Waals surface area (Å²) in [6, 6.07) is 8.53. The van der Waals surface area contributed by atoms with Crippen LogP contribution in [0, 0.1) is 6.92 Å². The lowest BCUT2D eigenvalue weighted by Crippen LogP contribution is -2.27. The van der Waals surface area contributed by atoms with Gasteiger partial charge in [-0.3, -0.25) is 14.4 Å². The summed E-state index contributed by atoms with van der Waals surface area (Å²) in [5.41, 5.74) is 7.58. The Morgan fingerprint density at radius 3 is 1.54 bits per heavy atom. The summed E-state index contributed by atoms with van der Waals surface area (Å²) >= 11 is 0. The molecule has 206 valence electrons. The lowest BCUT2D eigenvalue weighted by Gasteiger charge is -2.26. The second-order valence-corrected chi connectivity index (χ2v) is 13.5. The average molecular weight is 530 g/mol. The van der Waals surface area contributed by atoms with Crippen LogP contribution >= 0.6 is 7.75 Å². The van der Waals surface area contributed by atoms with Crippen LogP contribution in [0.5, 0.6) is 5.75 Å². The number of hydrogen-bond acceptors (Lipinski definition) is 4. The minimum absolute atomic E-state index is 0.109. The van der Waals surface area contributed by atoms with Crippen molar-refractivity contribution >= 4 is 13.7 Å². The van der Waals surface area contributed by atoms with Gasteiger partial charge < -0.3 is 4.52 Å². The lowest BCUT2D eigenvalue weighted by molar-refractivity contribution is -0.119. The highest BCUT2D eigenvalue weighted by molar-refractivity contribution is 7.52. The molecule has 0 saturated carbocycles. The first-order chi connectivity index (χ1) is 17.1. The second kappa shape index (κ2) is 12.6. The Kier molecular flexibility index (Phi) is 10.6. The van der Waals surface area contributed by atoms with E-state index in [0.717, 1.165) is 33.4 Å². The molecule has 0 radical (unpaired) electrons. The zero-order valence-corrected chi connectivity index (χ0v) is 25.9. The van der Waals surface area contributed by atoms with Gasteiger partial charge in [-0.1, -0.05) is 99.1 Å². The van der Waals surface area contributed by atoms with Gasteiger partial charge in [0.2, 0.25) is 5.91 Å². The van der Waals surface area contributed by atoms with Crippen molar-refractivity contribution < 1.29 is 18.4 Å². The number of hydrogen-bond donors (Lipinski definition) is 1. The van der Waals surface area contributed by atoms with Gasteiger partial charge in [0.1, 0.15) is 5.75 Å². The molecular formula is C31H48NO4P. The summed E-state index contributed by atoms with van der Waals surface area (Å²) in [5.74, 6) is 1.34. The van der Waals surface area contributed by atoms with Gasteiger partial charge in [0.05, 0.1) is 6.42 Å². The van der Waals surface area contributed by atoms with E-state index in [1.165, 1.54) is 12.7 Å². The molecule has 0 fully saturated rings. The quantitative estimate of drug-likeness (QED) is 0.295. The highest BCUT2D eigenvalue weighted by Gasteiger charge is 2.32. The van der Waals surface area contributed by atoms with Gasteiger partial charge in [-0.15, -0.1) is 0 Å². The summed E-state index contributed by atoms with van der Waals surface area (Å²) in [6.45, 7) is 23.3. The molecule has 0 heterocycles. The predicted octanol–water partition coefficient (Wildman–Crippen LogP) is 9.10. The van der Waals surface area contributed by atoms with Crippen LogP contribution in [0.3, 0.4) is 0 Å². The van der Waals surface area contributed by atoms with Crippen LogP contribution in [0.1, 0.15) is 138 Å². The van der Waals surface area contributed by atoms with E-state index in [1.54, 1.807) is 0 Å². The Morgan fingerprint density at radius 2 is 1.19 bits per heavy atom. The van der Waals surface area contributed by atoms with Gasteiger partial charge in [0, 0.05) is 7.11 Å². The first kappa shape index (κ1) is 31.1. The minimum atomic E-state index is -3.97. The molecular weight excluding hydrogens is 481 g/mol. The smallest absolute Gasteiger partial charge is 0.408 e. The first-order valence-electron chi connectivity index (χ1n) is 13.6. The van der Waals surface area contributed by atoms with Gasteiger partial charge in [0.15, 0.2) is 0 Å². The standard InChI is InChI=1S/C31H48NO4P/c1-18(2)24-15-25(19(3)4)29(26(16-24)20(5)6)17-30(33)32-37(34,35-12)36-31-27(21(7)8)13-23(11)14-28(31)22(9)10/h13-16,18-22H,17H2,1-12H3,(H,32,33,34). The van der Waals surface area contributed by atoms with Crippen molar-refractivity contribution in [3.8, 4) is 5.75 Å². The number of aryl methyl sites for hydroxylation is 1. The molecule has 0 aliphatic carbocycles. The second-order valence-electron chi connectivity index (χ2n) is 11.7. The third-order valence-corrected chi connectivity index (χ3v) is 8.26. The van der Waals surface area contributed by atoms with E-state index in [4.69, 9.17) is 9.05 Å². The van der Waals surface area contributed by atoms with Crippen molar-refractivity contribution in [3.63, 3.8) is 0 Å². The average Bonchev–Trinajstić information content (AvgIpc) is 2.78. The van der Waals surface area contributed by atoms with E-state index < -0.39 is 7.75 Å². The summed E-state index contributed by atoms with van der Waals surface area (Å²) in [7, 11) is -2.65. The highest BCUT2D eigenvalue weighted by atomic mass is 31.2. The Hall–Kier alpha value is -2.10. The molecule has 0 saturated heterocycles. The third kappa shape index (κ3) is 7.71. The predicted molar refractivity (Wildman–Crippen MR) is 155 cm³/mol. The van der Waals surface area contributed by atoms with Gasteiger partial charge in [-0.05, 0) is 69.9 Å². The zero-order valence-electron chi connectivity index (χ0n) is 25.0. The third-order valence-electron chi connectivity index (χ3n) is 6.84. The number of nitrogens with one attached hydrogen (secondary N) is 1. The van der Waals surface area contributed by atoms with Crippen molar-refractivity contribution in [1.82, 2.24) is 5.09 Å². The van der Waals surface area contributed by atoms with Crippen LogP contribution in [0.25, 0.3) is 0 Å². The molecule has 6 heteroatoms. The first-order valence-corrected chi connectivity index (χ1v) is 15.1. The fourth-order valence-electron chi connectivity index (χ4n) is 4.68. The summed E-state index contributed by atoms with van der Waals surface area (Å²) in [4.78, 5) is 13.4. The Morgan fingerprint density at radius 1 is 0.757 bits per heavy atom.